The number of hydrogen-bond donors (Lipinski definition) is 3. The van der Waals surface area contributed by atoms with E-state index in [9.17, 15) is 9.90 Å². The van der Waals surface area contributed by atoms with Crippen LogP contribution < -0.4 is 5.32 Å². The molecule has 6 nitrogen and oxygen atoms in total. The summed E-state index contributed by atoms with van der Waals surface area (Å²) in [5.41, 5.74) is 4.07. The number of aliphatic hydroxyl groups is 1. The zero-order valence-corrected chi connectivity index (χ0v) is 18.1. The molecule has 2 aromatic heterocycles. The van der Waals surface area contributed by atoms with E-state index in [1.165, 1.54) is 10.4 Å². The summed E-state index contributed by atoms with van der Waals surface area (Å²) < 4.78 is 0. The zero-order chi connectivity index (χ0) is 20.7. The molecule has 1 amide bonds. The van der Waals surface area contributed by atoms with E-state index in [4.69, 9.17) is 4.98 Å². The number of thiazole rings is 1. The van der Waals surface area contributed by atoms with Crippen LogP contribution in [0.25, 0.3) is 10.9 Å². The van der Waals surface area contributed by atoms with Gasteiger partial charge in [-0.1, -0.05) is 30.4 Å². The van der Waals surface area contributed by atoms with E-state index in [0.717, 1.165) is 60.3 Å². The summed E-state index contributed by atoms with van der Waals surface area (Å²) in [5.74, 6) is 0.0584. The van der Waals surface area contributed by atoms with Gasteiger partial charge in [0.25, 0.3) is 5.91 Å². The van der Waals surface area contributed by atoms with Crippen LogP contribution >= 0.6 is 11.3 Å². The van der Waals surface area contributed by atoms with Crippen molar-refractivity contribution in [3.8, 4) is 0 Å². The molecule has 0 saturated heterocycles. The van der Waals surface area contributed by atoms with Crippen LogP contribution in [0.2, 0.25) is 0 Å². The monoisotopic (exact) mass is 424 g/mol. The molecule has 1 saturated carbocycles. The quantitative estimate of drug-likeness (QED) is 0.589. The van der Waals surface area contributed by atoms with Crippen LogP contribution in [0.5, 0.6) is 0 Å². The van der Waals surface area contributed by atoms with Crippen LogP contribution in [0.3, 0.4) is 0 Å². The molecule has 0 atom stereocenters. The predicted molar refractivity (Wildman–Crippen MR) is 120 cm³/mol. The lowest BCUT2D eigenvalue weighted by Crippen LogP contribution is -2.35. The fourth-order valence-electron chi connectivity index (χ4n) is 4.64. The smallest absolute Gasteiger partial charge is 0.270 e. The average molecular weight is 425 g/mol. The molecule has 2 aliphatic rings. The number of anilines is 1. The van der Waals surface area contributed by atoms with Gasteiger partial charge in [0.1, 0.15) is 5.69 Å². The molecule has 1 fully saturated rings. The molecule has 0 bridgehead atoms. The molecule has 0 spiro atoms. The Morgan fingerprint density at radius 2 is 2.17 bits per heavy atom. The van der Waals surface area contributed by atoms with E-state index in [0.29, 0.717) is 24.8 Å². The molecule has 0 radical (unpaired) electrons. The van der Waals surface area contributed by atoms with Gasteiger partial charge in [-0.2, -0.15) is 0 Å². The van der Waals surface area contributed by atoms with Gasteiger partial charge in [-0.3, -0.25) is 4.79 Å². The number of benzene rings is 1. The number of nitrogens with zero attached hydrogens (tertiary/aromatic N) is 2. The molecular formula is C23H28N4O2S. The van der Waals surface area contributed by atoms with Gasteiger partial charge in [-0.25, -0.2) is 4.98 Å². The Morgan fingerprint density at radius 3 is 2.97 bits per heavy atom. The highest BCUT2D eigenvalue weighted by atomic mass is 32.1. The molecule has 0 unspecified atom stereocenters. The molecular weight excluding hydrogens is 396 g/mol. The number of H-pyrrole nitrogens is 1. The van der Waals surface area contributed by atoms with Crippen molar-refractivity contribution >= 4 is 33.3 Å². The first-order valence-electron chi connectivity index (χ1n) is 10.9. The van der Waals surface area contributed by atoms with E-state index in [-0.39, 0.29) is 12.0 Å². The highest BCUT2D eigenvalue weighted by molar-refractivity contribution is 7.15. The van der Waals surface area contributed by atoms with Crippen molar-refractivity contribution in [2.24, 2.45) is 0 Å². The lowest BCUT2D eigenvalue weighted by atomic mass is 9.93. The minimum absolute atomic E-state index is 0.0584. The maximum atomic E-state index is 13.2. The van der Waals surface area contributed by atoms with Gasteiger partial charge >= 0.3 is 0 Å². The number of rotatable bonds is 4. The highest BCUT2D eigenvalue weighted by Crippen LogP contribution is 2.31. The van der Waals surface area contributed by atoms with E-state index in [2.05, 4.69) is 23.3 Å². The lowest BCUT2D eigenvalue weighted by molar-refractivity contribution is 0.0731. The standard InChI is InChI=1S/C23H28N4O2S/c1-2-14-4-3-5-18-17(14)12-20(25-18)22(29)27-11-10-19-21(13-27)30-23(26-19)24-15-6-8-16(28)9-7-15/h3-5,12,15-16,25,28H,2,6-11,13H2,1H3,(H,24,26)/t15-,16+. The third-order valence-electron chi connectivity index (χ3n) is 6.41. The minimum atomic E-state index is -0.148. The SMILES string of the molecule is CCc1cccc2[nH]c(C(=O)N3CCc4nc(N[C@H]5CC[C@@H](O)CC5)sc4C3)cc12. The fourth-order valence-corrected chi connectivity index (χ4v) is 5.74. The first-order valence-corrected chi connectivity index (χ1v) is 11.8. The van der Waals surface area contributed by atoms with Gasteiger partial charge in [-0.15, -0.1) is 0 Å². The van der Waals surface area contributed by atoms with Crippen LogP contribution in [0.15, 0.2) is 24.3 Å². The van der Waals surface area contributed by atoms with E-state index >= 15 is 0 Å². The average Bonchev–Trinajstić information content (AvgIpc) is 3.37. The van der Waals surface area contributed by atoms with E-state index in [1.807, 2.05) is 23.1 Å². The number of carbonyl (C=O) groups excluding carboxylic acids is 1. The van der Waals surface area contributed by atoms with Gasteiger partial charge in [-0.05, 0) is 49.8 Å². The summed E-state index contributed by atoms with van der Waals surface area (Å²) in [6.07, 6.45) is 5.28. The number of aromatic nitrogens is 2. The number of carbonyl (C=O) groups is 1. The van der Waals surface area contributed by atoms with Crippen LogP contribution in [-0.2, 0) is 19.4 Å². The fraction of sp³-hybridized carbons (Fsp3) is 0.478. The molecule has 1 aliphatic carbocycles. The largest absolute Gasteiger partial charge is 0.393 e. The van der Waals surface area contributed by atoms with Gasteiger partial charge in [0.2, 0.25) is 0 Å². The summed E-state index contributed by atoms with van der Waals surface area (Å²) in [4.78, 5) is 24.4. The Bertz CT molecular complexity index is 1060. The summed E-state index contributed by atoms with van der Waals surface area (Å²) in [7, 11) is 0. The summed E-state index contributed by atoms with van der Waals surface area (Å²) in [6, 6.07) is 8.58. The Labute approximate surface area is 180 Å². The van der Waals surface area contributed by atoms with E-state index in [1.54, 1.807) is 11.3 Å². The first kappa shape index (κ1) is 19.6. The third-order valence-corrected chi connectivity index (χ3v) is 7.42. The molecule has 3 heterocycles. The maximum Gasteiger partial charge on any atom is 0.270 e. The van der Waals surface area contributed by atoms with Gasteiger partial charge < -0.3 is 20.3 Å². The van der Waals surface area contributed by atoms with Crippen LogP contribution in [0.1, 0.15) is 59.2 Å². The van der Waals surface area contributed by atoms with Crippen molar-refractivity contribution in [2.75, 3.05) is 11.9 Å². The van der Waals surface area contributed by atoms with Gasteiger partial charge in [0.15, 0.2) is 5.13 Å². The summed E-state index contributed by atoms with van der Waals surface area (Å²) >= 11 is 1.67. The number of aliphatic hydroxyl groups excluding tert-OH is 1. The van der Waals surface area contributed by atoms with Crippen LogP contribution in [0.4, 0.5) is 5.13 Å². The maximum absolute atomic E-state index is 13.2. The van der Waals surface area contributed by atoms with Gasteiger partial charge in [0.05, 0.1) is 18.3 Å². The molecule has 3 N–H and O–H groups in total. The highest BCUT2D eigenvalue weighted by Gasteiger charge is 2.27. The molecule has 5 rings (SSSR count). The Kier molecular flexibility index (Phi) is 5.25. The van der Waals surface area contributed by atoms with Crippen molar-refractivity contribution in [1.82, 2.24) is 14.9 Å². The van der Waals surface area contributed by atoms with Crippen molar-refractivity contribution < 1.29 is 9.90 Å². The first-order chi connectivity index (χ1) is 14.6. The normalized spacial score (nSPS) is 21.6. The molecule has 30 heavy (non-hydrogen) atoms. The zero-order valence-electron chi connectivity index (χ0n) is 17.3. The molecule has 1 aromatic carbocycles. The Hall–Kier alpha value is -2.38. The number of aromatic amines is 1. The second kappa shape index (κ2) is 8.04. The van der Waals surface area contributed by atoms with Crippen molar-refractivity contribution in [3.63, 3.8) is 0 Å². The minimum Gasteiger partial charge on any atom is -0.393 e. The Balaban J connectivity index is 1.29. The van der Waals surface area contributed by atoms with Gasteiger partial charge in [0, 0.05) is 34.8 Å². The molecule has 7 heteroatoms. The summed E-state index contributed by atoms with van der Waals surface area (Å²) in [5, 5.41) is 15.3. The second-order valence-electron chi connectivity index (χ2n) is 8.43. The topological polar surface area (TPSA) is 81.2 Å². The third kappa shape index (κ3) is 3.72. The van der Waals surface area contributed by atoms with Crippen molar-refractivity contribution in [2.45, 2.75) is 64.1 Å². The molecule has 1 aliphatic heterocycles. The van der Waals surface area contributed by atoms with Crippen LogP contribution in [-0.4, -0.2) is 44.6 Å². The number of aryl methyl sites for hydroxylation is 1. The van der Waals surface area contributed by atoms with Crippen molar-refractivity contribution in [3.05, 3.63) is 46.1 Å². The number of nitrogens with one attached hydrogen (secondary N) is 2. The predicted octanol–water partition coefficient (Wildman–Crippen LogP) is 4.10. The van der Waals surface area contributed by atoms with Crippen molar-refractivity contribution in [1.29, 1.82) is 0 Å². The lowest BCUT2D eigenvalue weighted by Gasteiger charge is -2.25. The number of amides is 1. The second-order valence-corrected chi connectivity index (χ2v) is 9.51. The summed E-state index contributed by atoms with van der Waals surface area (Å²) in [6.45, 7) is 3.45. The number of fused-ring (bicyclic) bond motifs is 2. The van der Waals surface area contributed by atoms with Crippen LogP contribution in [0, 0.1) is 0 Å². The number of hydrogen-bond acceptors (Lipinski definition) is 5. The molecule has 158 valence electrons. The molecule has 3 aromatic rings. The Morgan fingerprint density at radius 1 is 1.33 bits per heavy atom. The van der Waals surface area contributed by atoms with E-state index < -0.39 is 0 Å².